The average molecular weight is 326 g/mol. The van der Waals surface area contributed by atoms with Crippen LogP contribution in [0.5, 0.6) is 0 Å². The Morgan fingerprint density at radius 1 is 1.37 bits per heavy atom. The Kier molecular flexibility index (Phi) is 4.87. The summed E-state index contributed by atoms with van der Waals surface area (Å²) in [5.41, 5.74) is 8.21. The third-order valence-corrected chi connectivity index (χ3v) is 4.66. The minimum absolute atomic E-state index is 0.635. The van der Waals surface area contributed by atoms with Crippen LogP contribution in [0.15, 0.2) is 22.7 Å². The highest BCUT2D eigenvalue weighted by molar-refractivity contribution is 9.10. The topological polar surface area (TPSA) is 32.5 Å². The second-order valence-electron chi connectivity index (χ2n) is 5.74. The lowest BCUT2D eigenvalue weighted by molar-refractivity contribution is 0.266. The van der Waals surface area contributed by atoms with E-state index < -0.39 is 0 Å². The molecule has 0 aromatic heterocycles. The summed E-state index contributed by atoms with van der Waals surface area (Å²) in [4.78, 5) is 4.81. The van der Waals surface area contributed by atoms with Crippen LogP contribution in [0.1, 0.15) is 12.5 Å². The van der Waals surface area contributed by atoms with E-state index in [4.69, 9.17) is 5.73 Å². The number of nitrogens with two attached hydrogens (primary N) is 1. The van der Waals surface area contributed by atoms with Gasteiger partial charge in [0.25, 0.3) is 0 Å². The van der Waals surface area contributed by atoms with Crippen molar-refractivity contribution in [3.63, 3.8) is 0 Å². The van der Waals surface area contributed by atoms with Gasteiger partial charge in [-0.05, 0) is 66.6 Å². The van der Waals surface area contributed by atoms with Crippen LogP contribution in [0, 0.1) is 5.92 Å². The number of rotatable bonds is 4. The van der Waals surface area contributed by atoms with Gasteiger partial charge in [0.05, 0.1) is 5.69 Å². The maximum atomic E-state index is 5.61. The first-order chi connectivity index (χ1) is 9.02. The van der Waals surface area contributed by atoms with Gasteiger partial charge in [-0.1, -0.05) is 13.0 Å². The lowest BCUT2D eigenvalue weighted by Gasteiger charge is -2.23. The summed E-state index contributed by atoms with van der Waals surface area (Å²) in [5, 5.41) is 0. The number of benzene rings is 1. The smallest absolute Gasteiger partial charge is 0.0511 e. The molecule has 2 rings (SSSR count). The second-order valence-corrected chi connectivity index (χ2v) is 6.59. The predicted molar refractivity (Wildman–Crippen MR) is 85.8 cm³/mol. The minimum atomic E-state index is 0.635. The number of hydrogen-bond acceptors (Lipinski definition) is 3. The SMILES string of the molecule is CC1CN(c2ccc(CCN)cc2Br)CC1N(C)C. The molecule has 106 valence electrons. The van der Waals surface area contributed by atoms with Gasteiger partial charge in [0.2, 0.25) is 0 Å². The zero-order chi connectivity index (χ0) is 14.0. The van der Waals surface area contributed by atoms with Crippen LogP contribution in [0.2, 0.25) is 0 Å². The van der Waals surface area contributed by atoms with Crippen molar-refractivity contribution in [3.05, 3.63) is 28.2 Å². The zero-order valence-electron chi connectivity index (χ0n) is 12.1. The van der Waals surface area contributed by atoms with Gasteiger partial charge in [-0.25, -0.2) is 0 Å². The van der Waals surface area contributed by atoms with Crippen molar-refractivity contribution in [2.24, 2.45) is 11.7 Å². The van der Waals surface area contributed by atoms with Crippen molar-refractivity contribution in [1.29, 1.82) is 0 Å². The van der Waals surface area contributed by atoms with Crippen LogP contribution in [-0.2, 0) is 6.42 Å². The van der Waals surface area contributed by atoms with E-state index >= 15 is 0 Å². The zero-order valence-corrected chi connectivity index (χ0v) is 13.7. The summed E-state index contributed by atoms with van der Waals surface area (Å²) >= 11 is 3.71. The highest BCUT2D eigenvalue weighted by atomic mass is 79.9. The van der Waals surface area contributed by atoms with Gasteiger partial charge in [0.15, 0.2) is 0 Å². The maximum Gasteiger partial charge on any atom is 0.0511 e. The number of anilines is 1. The third-order valence-electron chi connectivity index (χ3n) is 4.02. The van der Waals surface area contributed by atoms with Gasteiger partial charge in [-0.3, -0.25) is 0 Å². The molecule has 2 unspecified atom stereocenters. The van der Waals surface area contributed by atoms with Gasteiger partial charge in [0, 0.05) is 23.6 Å². The Balaban J connectivity index is 2.15. The molecule has 1 aliphatic rings. The Morgan fingerprint density at radius 2 is 2.11 bits per heavy atom. The summed E-state index contributed by atoms with van der Waals surface area (Å²) < 4.78 is 1.19. The Morgan fingerprint density at radius 3 is 2.63 bits per heavy atom. The molecule has 3 nitrogen and oxygen atoms in total. The molecule has 2 atom stereocenters. The predicted octanol–water partition coefficient (Wildman–Crippen LogP) is 2.34. The normalized spacial score (nSPS) is 23.4. The first-order valence-electron chi connectivity index (χ1n) is 6.92. The molecular formula is C15H24BrN3. The Bertz CT molecular complexity index is 433. The lowest BCUT2D eigenvalue weighted by Crippen LogP contribution is -2.34. The Labute approximate surface area is 124 Å². The van der Waals surface area contributed by atoms with Crippen molar-refractivity contribution in [2.75, 3.05) is 38.6 Å². The summed E-state index contributed by atoms with van der Waals surface area (Å²) in [5.74, 6) is 0.700. The van der Waals surface area contributed by atoms with E-state index in [1.165, 1.54) is 15.7 Å². The van der Waals surface area contributed by atoms with Crippen molar-refractivity contribution < 1.29 is 0 Å². The molecule has 1 heterocycles. The second kappa shape index (κ2) is 6.25. The van der Waals surface area contributed by atoms with Crippen LogP contribution < -0.4 is 10.6 Å². The maximum absolute atomic E-state index is 5.61. The van der Waals surface area contributed by atoms with Crippen molar-refractivity contribution in [3.8, 4) is 0 Å². The van der Waals surface area contributed by atoms with Crippen LogP contribution in [0.3, 0.4) is 0 Å². The Hall–Kier alpha value is -0.580. The summed E-state index contributed by atoms with van der Waals surface area (Å²) in [6.45, 7) is 5.26. The van der Waals surface area contributed by atoms with Gasteiger partial charge < -0.3 is 15.5 Å². The molecule has 0 saturated carbocycles. The van der Waals surface area contributed by atoms with Crippen LogP contribution >= 0.6 is 15.9 Å². The molecule has 2 N–H and O–H groups in total. The first kappa shape index (κ1) is 14.8. The highest BCUT2D eigenvalue weighted by Gasteiger charge is 2.31. The standard InChI is InChI=1S/C15H24BrN3/c1-11-9-19(10-15(11)18(2)3)14-5-4-12(6-7-17)8-13(14)16/h4-5,8,11,15H,6-7,9-10,17H2,1-3H3. The molecule has 1 fully saturated rings. The molecule has 1 saturated heterocycles. The molecule has 0 radical (unpaired) electrons. The van der Waals surface area contributed by atoms with E-state index in [9.17, 15) is 0 Å². The van der Waals surface area contributed by atoms with Crippen molar-refractivity contribution >= 4 is 21.6 Å². The number of halogens is 1. The molecule has 1 aromatic rings. The third kappa shape index (κ3) is 3.30. The molecule has 1 aliphatic heterocycles. The molecule has 0 bridgehead atoms. The van der Waals surface area contributed by atoms with Crippen molar-refractivity contribution in [1.82, 2.24) is 4.90 Å². The fourth-order valence-corrected chi connectivity index (χ4v) is 3.62. The molecule has 1 aromatic carbocycles. The van der Waals surface area contributed by atoms with Gasteiger partial charge >= 0.3 is 0 Å². The van der Waals surface area contributed by atoms with E-state index in [1.54, 1.807) is 0 Å². The lowest BCUT2D eigenvalue weighted by atomic mass is 10.1. The number of likely N-dealkylation sites (N-methyl/N-ethyl adjacent to an activating group) is 1. The van der Waals surface area contributed by atoms with E-state index in [-0.39, 0.29) is 0 Å². The average Bonchev–Trinajstić information content (AvgIpc) is 2.72. The fourth-order valence-electron chi connectivity index (χ4n) is 2.95. The van der Waals surface area contributed by atoms with Crippen LogP contribution in [0.4, 0.5) is 5.69 Å². The summed E-state index contributed by atoms with van der Waals surface area (Å²) in [6, 6.07) is 7.26. The van der Waals surface area contributed by atoms with E-state index in [0.29, 0.717) is 18.5 Å². The number of hydrogen-bond donors (Lipinski definition) is 1. The molecule has 0 spiro atoms. The quantitative estimate of drug-likeness (QED) is 0.922. The highest BCUT2D eigenvalue weighted by Crippen LogP contribution is 2.32. The number of nitrogens with zero attached hydrogens (tertiary/aromatic N) is 2. The van der Waals surface area contributed by atoms with Crippen LogP contribution in [0.25, 0.3) is 0 Å². The minimum Gasteiger partial charge on any atom is -0.369 e. The van der Waals surface area contributed by atoms with Crippen LogP contribution in [-0.4, -0.2) is 44.7 Å². The summed E-state index contributed by atoms with van der Waals surface area (Å²) in [7, 11) is 4.34. The molecular weight excluding hydrogens is 302 g/mol. The van der Waals surface area contributed by atoms with Gasteiger partial charge in [-0.2, -0.15) is 0 Å². The largest absolute Gasteiger partial charge is 0.369 e. The molecule has 0 aliphatic carbocycles. The summed E-state index contributed by atoms with van der Waals surface area (Å²) in [6.07, 6.45) is 0.940. The van der Waals surface area contributed by atoms with Crippen molar-refractivity contribution in [2.45, 2.75) is 19.4 Å². The monoisotopic (exact) mass is 325 g/mol. The first-order valence-corrected chi connectivity index (χ1v) is 7.72. The van der Waals surface area contributed by atoms with Gasteiger partial charge in [-0.15, -0.1) is 0 Å². The van der Waals surface area contributed by atoms with E-state index in [1.807, 2.05) is 0 Å². The van der Waals surface area contributed by atoms with Gasteiger partial charge in [0.1, 0.15) is 0 Å². The molecule has 4 heteroatoms. The molecule has 19 heavy (non-hydrogen) atoms. The molecule has 0 amide bonds. The van der Waals surface area contributed by atoms with E-state index in [0.717, 1.165) is 19.5 Å². The van der Waals surface area contributed by atoms with E-state index in [2.05, 4.69) is 64.9 Å². The fraction of sp³-hybridized carbons (Fsp3) is 0.600.